The molecule has 0 radical (unpaired) electrons. The number of nitrogens with one attached hydrogen (secondary N) is 3. The first-order chi connectivity index (χ1) is 13.0. The van der Waals surface area contributed by atoms with E-state index in [1.807, 2.05) is 26.1 Å². The maximum absolute atomic E-state index is 12.5. The van der Waals surface area contributed by atoms with Gasteiger partial charge in [-0.2, -0.15) is 0 Å². The number of urea groups is 1. The smallest absolute Gasteiger partial charge is 0.318 e. The minimum Gasteiger partial charge on any atom is -0.352 e. The van der Waals surface area contributed by atoms with Crippen LogP contribution in [0.4, 0.5) is 10.6 Å². The first-order valence-corrected chi connectivity index (χ1v) is 9.02. The van der Waals surface area contributed by atoms with E-state index in [0.717, 1.165) is 16.9 Å². The zero-order chi connectivity index (χ0) is 19.4. The Hall–Kier alpha value is -2.88. The summed E-state index contributed by atoms with van der Waals surface area (Å²) in [5, 5.41) is 12.6. The summed E-state index contributed by atoms with van der Waals surface area (Å²) in [5.41, 5.74) is 2.41. The van der Waals surface area contributed by atoms with E-state index in [9.17, 15) is 9.59 Å². The molecule has 2 aromatic rings. The minimum absolute atomic E-state index is 0.200. The molecule has 1 aliphatic rings. The maximum Gasteiger partial charge on any atom is 0.318 e. The predicted molar refractivity (Wildman–Crippen MR) is 99.4 cm³/mol. The molecule has 3 rings (SSSR count). The fourth-order valence-electron chi connectivity index (χ4n) is 3.25. The SMILES string of the molecule is CC(C)C[C@@H](NC(=O)N1CCN(c2ncnc3[nH]ccc23)CC1)C(=O)NO. The molecule has 146 valence electrons. The number of hydroxylamine groups is 1. The number of aromatic amines is 1. The Balaban J connectivity index is 1.60. The molecule has 0 bridgehead atoms. The number of aromatic nitrogens is 3. The molecule has 2 aromatic heterocycles. The Morgan fingerprint density at radius 2 is 2.00 bits per heavy atom. The highest BCUT2D eigenvalue weighted by Gasteiger charge is 2.27. The zero-order valence-corrected chi connectivity index (χ0v) is 15.5. The third kappa shape index (κ3) is 4.27. The Bertz CT molecular complexity index is 799. The van der Waals surface area contributed by atoms with Crippen molar-refractivity contribution in [2.75, 3.05) is 31.1 Å². The first-order valence-electron chi connectivity index (χ1n) is 9.02. The topological polar surface area (TPSA) is 126 Å². The summed E-state index contributed by atoms with van der Waals surface area (Å²) >= 11 is 0. The van der Waals surface area contributed by atoms with Crippen LogP contribution < -0.4 is 15.7 Å². The lowest BCUT2D eigenvalue weighted by Crippen LogP contribution is -2.56. The van der Waals surface area contributed by atoms with Gasteiger partial charge >= 0.3 is 6.03 Å². The molecule has 0 unspecified atom stereocenters. The van der Waals surface area contributed by atoms with Crippen LogP contribution in [0.15, 0.2) is 18.6 Å². The maximum atomic E-state index is 12.5. The van der Waals surface area contributed by atoms with Crippen molar-refractivity contribution in [1.29, 1.82) is 0 Å². The largest absolute Gasteiger partial charge is 0.352 e. The van der Waals surface area contributed by atoms with E-state index in [4.69, 9.17) is 5.21 Å². The van der Waals surface area contributed by atoms with Crippen LogP contribution in [-0.2, 0) is 4.79 Å². The number of rotatable bonds is 5. The third-order valence-electron chi connectivity index (χ3n) is 4.63. The Morgan fingerprint density at radius 1 is 1.26 bits per heavy atom. The number of anilines is 1. The van der Waals surface area contributed by atoms with Crippen LogP contribution in [0.25, 0.3) is 11.0 Å². The highest BCUT2D eigenvalue weighted by molar-refractivity contribution is 5.88. The molecule has 3 amide bonds. The summed E-state index contributed by atoms with van der Waals surface area (Å²) < 4.78 is 0. The highest BCUT2D eigenvalue weighted by atomic mass is 16.5. The number of amides is 3. The van der Waals surface area contributed by atoms with E-state index in [1.54, 1.807) is 10.4 Å². The van der Waals surface area contributed by atoms with Gasteiger partial charge in [0.2, 0.25) is 0 Å². The van der Waals surface area contributed by atoms with Gasteiger partial charge < -0.3 is 20.1 Å². The standard InChI is InChI=1S/C17H25N7O3/c1-11(2)9-13(16(25)22-27)21-17(26)24-7-5-23(6-8-24)15-12-3-4-18-14(12)19-10-20-15/h3-4,10-11,13,27H,5-9H2,1-2H3,(H,21,26)(H,22,25)(H,18,19,20)/t13-/m1/s1. The van der Waals surface area contributed by atoms with E-state index < -0.39 is 11.9 Å². The lowest BCUT2D eigenvalue weighted by molar-refractivity contribution is -0.131. The number of hydrogen-bond donors (Lipinski definition) is 4. The quantitative estimate of drug-likeness (QED) is 0.450. The molecule has 1 atom stereocenters. The molecule has 27 heavy (non-hydrogen) atoms. The minimum atomic E-state index is -0.762. The number of piperazine rings is 1. The molecular weight excluding hydrogens is 350 g/mol. The van der Waals surface area contributed by atoms with Crippen molar-refractivity contribution in [2.45, 2.75) is 26.3 Å². The van der Waals surface area contributed by atoms with Crippen LogP contribution in [0, 0.1) is 5.92 Å². The van der Waals surface area contributed by atoms with E-state index in [2.05, 4.69) is 25.2 Å². The Morgan fingerprint density at radius 3 is 2.67 bits per heavy atom. The summed E-state index contributed by atoms with van der Waals surface area (Å²) in [6, 6.07) is 0.869. The van der Waals surface area contributed by atoms with Crippen molar-refractivity contribution in [3.63, 3.8) is 0 Å². The molecule has 1 saturated heterocycles. The fraction of sp³-hybridized carbons (Fsp3) is 0.529. The molecule has 4 N–H and O–H groups in total. The summed E-state index contributed by atoms with van der Waals surface area (Å²) in [5.74, 6) is 0.441. The molecule has 10 nitrogen and oxygen atoms in total. The molecule has 0 spiro atoms. The molecule has 0 saturated carbocycles. The molecule has 1 fully saturated rings. The normalized spacial score (nSPS) is 15.9. The lowest BCUT2D eigenvalue weighted by Gasteiger charge is -2.36. The lowest BCUT2D eigenvalue weighted by atomic mass is 10.0. The number of fused-ring (bicyclic) bond motifs is 1. The van der Waals surface area contributed by atoms with E-state index in [1.165, 1.54) is 6.33 Å². The molecule has 1 aliphatic heterocycles. The second-order valence-corrected chi connectivity index (χ2v) is 7.02. The summed E-state index contributed by atoms with van der Waals surface area (Å²) in [6.07, 6.45) is 3.80. The average Bonchev–Trinajstić information content (AvgIpc) is 3.15. The van der Waals surface area contributed by atoms with Gasteiger partial charge in [0.15, 0.2) is 0 Å². The fourth-order valence-corrected chi connectivity index (χ4v) is 3.25. The Labute approximate surface area is 156 Å². The van der Waals surface area contributed by atoms with Gasteiger partial charge in [0, 0.05) is 32.4 Å². The number of carbonyl (C=O) groups is 2. The summed E-state index contributed by atoms with van der Waals surface area (Å²) in [7, 11) is 0. The molecule has 3 heterocycles. The van der Waals surface area contributed by atoms with Crippen LogP contribution in [0.1, 0.15) is 20.3 Å². The molecular formula is C17H25N7O3. The van der Waals surface area contributed by atoms with Crippen molar-refractivity contribution in [2.24, 2.45) is 5.92 Å². The number of H-pyrrole nitrogens is 1. The summed E-state index contributed by atoms with van der Waals surface area (Å²) in [6.45, 7) is 6.18. The van der Waals surface area contributed by atoms with Crippen molar-refractivity contribution >= 4 is 28.8 Å². The van der Waals surface area contributed by atoms with Crippen LogP contribution in [0.3, 0.4) is 0 Å². The van der Waals surface area contributed by atoms with Crippen molar-refractivity contribution in [3.05, 3.63) is 18.6 Å². The number of carbonyl (C=O) groups excluding carboxylic acids is 2. The average molecular weight is 375 g/mol. The third-order valence-corrected chi connectivity index (χ3v) is 4.63. The molecule has 10 heteroatoms. The number of hydrogen-bond acceptors (Lipinski definition) is 6. The summed E-state index contributed by atoms with van der Waals surface area (Å²) in [4.78, 5) is 39.7. The van der Waals surface area contributed by atoms with Gasteiger partial charge in [-0.05, 0) is 18.4 Å². The first kappa shape index (κ1) is 18.9. The van der Waals surface area contributed by atoms with E-state index in [-0.39, 0.29) is 11.9 Å². The van der Waals surface area contributed by atoms with Crippen LogP contribution >= 0.6 is 0 Å². The predicted octanol–water partition coefficient (Wildman–Crippen LogP) is 0.710. The van der Waals surface area contributed by atoms with Crippen LogP contribution in [0.5, 0.6) is 0 Å². The van der Waals surface area contributed by atoms with Gasteiger partial charge in [-0.1, -0.05) is 13.8 Å². The number of nitrogens with zero attached hydrogens (tertiary/aromatic N) is 4. The molecule has 0 aromatic carbocycles. The van der Waals surface area contributed by atoms with Crippen molar-refractivity contribution in [1.82, 2.24) is 30.6 Å². The van der Waals surface area contributed by atoms with Gasteiger partial charge in [0.25, 0.3) is 5.91 Å². The van der Waals surface area contributed by atoms with Gasteiger partial charge in [-0.3, -0.25) is 10.0 Å². The van der Waals surface area contributed by atoms with Gasteiger partial charge in [0.05, 0.1) is 5.39 Å². The van der Waals surface area contributed by atoms with Gasteiger partial charge in [-0.15, -0.1) is 0 Å². The van der Waals surface area contributed by atoms with E-state index >= 15 is 0 Å². The van der Waals surface area contributed by atoms with Crippen LogP contribution in [0.2, 0.25) is 0 Å². The Kier molecular flexibility index (Phi) is 5.75. The zero-order valence-electron chi connectivity index (χ0n) is 15.5. The monoisotopic (exact) mass is 375 g/mol. The van der Waals surface area contributed by atoms with E-state index in [0.29, 0.717) is 32.6 Å². The second kappa shape index (κ2) is 8.21. The van der Waals surface area contributed by atoms with Gasteiger partial charge in [-0.25, -0.2) is 20.2 Å². The molecule has 0 aliphatic carbocycles. The van der Waals surface area contributed by atoms with Crippen molar-refractivity contribution in [3.8, 4) is 0 Å². The van der Waals surface area contributed by atoms with Crippen molar-refractivity contribution < 1.29 is 14.8 Å². The van der Waals surface area contributed by atoms with Gasteiger partial charge in [0.1, 0.15) is 23.8 Å². The second-order valence-electron chi connectivity index (χ2n) is 7.02. The van der Waals surface area contributed by atoms with Crippen LogP contribution in [-0.4, -0.2) is 69.2 Å². The highest BCUT2D eigenvalue weighted by Crippen LogP contribution is 2.23.